The van der Waals surface area contributed by atoms with E-state index < -0.39 is 11.7 Å². The Hall–Kier alpha value is -1.86. The number of nitrogens with one attached hydrogen (secondary N) is 2. The molecule has 2 aromatic rings. The number of alkyl halides is 3. The standard InChI is InChI=1S/C16H18F3N3O/c17-16(18,19)14-4-2-1-3-11(14)7-20-8-12-5-6-23-15(12)13-9-21-22-10-13/h1-4,9-10,12,15,20H,5-8H2,(H,21,22)/t12-,15+/m1/s1. The fraction of sp³-hybridized carbons (Fsp3) is 0.438. The summed E-state index contributed by atoms with van der Waals surface area (Å²) in [5.41, 5.74) is 0.658. The predicted octanol–water partition coefficient (Wildman–Crippen LogP) is 3.30. The molecule has 4 nitrogen and oxygen atoms in total. The third-order valence-corrected chi connectivity index (χ3v) is 4.11. The first-order valence-corrected chi connectivity index (χ1v) is 7.52. The van der Waals surface area contributed by atoms with Crippen LogP contribution in [0.15, 0.2) is 36.7 Å². The van der Waals surface area contributed by atoms with Crippen LogP contribution < -0.4 is 5.32 Å². The summed E-state index contributed by atoms with van der Waals surface area (Å²) >= 11 is 0. The number of H-pyrrole nitrogens is 1. The van der Waals surface area contributed by atoms with Crippen molar-refractivity contribution < 1.29 is 17.9 Å². The highest BCUT2D eigenvalue weighted by Crippen LogP contribution is 2.34. The molecule has 1 aromatic carbocycles. The molecular weight excluding hydrogens is 307 g/mol. The number of nitrogens with zero attached hydrogens (tertiary/aromatic N) is 1. The van der Waals surface area contributed by atoms with Crippen LogP contribution in [0.4, 0.5) is 13.2 Å². The number of aromatic amines is 1. The Balaban J connectivity index is 1.60. The van der Waals surface area contributed by atoms with Gasteiger partial charge in [0.25, 0.3) is 0 Å². The fourth-order valence-electron chi connectivity index (χ4n) is 2.97. The molecule has 124 valence electrons. The molecule has 23 heavy (non-hydrogen) atoms. The van der Waals surface area contributed by atoms with Crippen LogP contribution in [0.3, 0.4) is 0 Å². The summed E-state index contributed by atoms with van der Waals surface area (Å²) in [6.45, 7) is 1.44. The smallest absolute Gasteiger partial charge is 0.373 e. The summed E-state index contributed by atoms with van der Waals surface area (Å²) in [7, 11) is 0. The number of halogens is 3. The highest BCUT2D eigenvalue weighted by molar-refractivity contribution is 5.29. The van der Waals surface area contributed by atoms with Crippen LogP contribution in [0.5, 0.6) is 0 Å². The lowest BCUT2D eigenvalue weighted by atomic mass is 9.97. The summed E-state index contributed by atoms with van der Waals surface area (Å²) in [6.07, 6.45) is 0.0148. The Kier molecular flexibility index (Phi) is 4.68. The normalized spacial score (nSPS) is 21.7. The molecule has 0 amide bonds. The van der Waals surface area contributed by atoms with Crippen molar-refractivity contribution in [3.63, 3.8) is 0 Å². The highest BCUT2D eigenvalue weighted by atomic mass is 19.4. The van der Waals surface area contributed by atoms with Gasteiger partial charge in [0.05, 0.1) is 17.9 Å². The second-order valence-corrected chi connectivity index (χ2v) is 5.66. The van der Waals surface area contributed by atoms with E-state index in [1.54, 1.807) is 18.5 Å². The maximum absolute atomic E-state index is 13.0. The summed E-state index contributed by atoms with van der Waals surface area (Å²) in [4.78, 5) is 0. The van der Waals surface area contributed by atoms with Crippen molar-refractivity contribution in [3.05, 3.63) is 53.3 Å². The van der Waals surface area contributed by atoms with Gasteiger partial charge >= 0.3 is 6.18 Å². The SMILES string of the molecule is FC(F)(F)c1ccccc1CNC[C@H]1CCO[C@@H]1c1cn[nH]c1. The van der Waals surface area contributed by atoms with Gasteiger partial charge in [-0.05, 0) is 18.1 Å². The average molecular weight is 325 g/mol. The van der Waals surface area contributed by atoms with Gasteiger partial charge in [-0.25, -0.2) is 0 Å². The minimum absolute atomic E-state index is 0.0564. The lowest BCUT2D eigenvalue weighted by Gasteiger charge is -2.19. The fourth-order valence-corrected chi connectivity index (χ4v) is 2.97. The Morgan fingerprint density at radius 3 is 2.87 bits per heavy atom. The van der Waals surface area contributed by atoms with Gasteiger partial charge in [-0.3, -0.25) is 5.10 Å². The number of hydrogen-bond acceptors (Lipinski definition) is 3. The quantitative estimate of drug-likeness (QED) is 0.887. The summed E-state index contributed by atoms with van der Waals surface area (Å²) in [5.74, 6) is 0.227. The zero-order valence-corrected chi connectivity index (χ0v) is 12.4. The molecule has 1 aliphatic heterocycles. The van der Waals surface area contributed by atoms with E-state index >= 15 is 0 Å². The molecule has 2 heterocycles. The lowest BCUT2D eigenvalue weighted by molar-refractivity contribution is -0.138. The summed E-state index contributed by atoms with van der Waals surface area (Å²) in [6, 6.07) is 5.66. The van der Waals surface area contributed by atoms with Gasteiger partial charge in [0.2, 0.25) is 0 Å². The van der Waals surface area contributed by atoms with Gasteiger partial charge in [-0.15, -0.1) is 0 Å². The van der Waals surface area contributed by atoms with Crippen LogP contribution in [0, 0.1) is 5.92 Å². The molecule has 0 radical (unpaired) electrons. The van der Waals surface area contributed by atoms with Crippen LogP contribution in [-0.4, -0.2) is 23.3 Å². The molecule has 2 N–H and O–H groups in total. The molecule has 2 atom stereocenters. The van der Waals surface area contributed by atoms with E-state index in [1.165, 1.54) is 12.1 Å². The van der Waals surface area contributed by atoms with Crippen molar-refractivity contribution in [2.45, 2.75) is 25.2 Å². The zero-order chi connectivity index (χ0) is 16.3. The van der Waals surface area contributed by atoms with Gasteiger partial charge in [0.1, 0.15) is 0 Å². The molecule has 1 fully saturated rings. The number of aromatic nitrogens is 2. The van der Waals surface area contributed by atoms with E-state index in [4.69, 9.17) is 4.74 Å². The monoisotopic (exact) mass is 325 g/mol. The highest BCUT2D eigenvalue weighted by Gasteiger charge is 2.33. The maximum atomic E-state index is 13.0. The lowest BCUT2D eigenvalue weighted by Crippen LogP contribution is -2.25. The molecule has 0 aliphatic carbocycles. The molecule has 3 rings (SSSR count). The van der Waals surface area contributed by atoms with Crippen molar-refractivity contribution in [3.8, 4) is 0 Å². The zero-order valence-electron chi connectivity index (χ0n) is 12.4. The molecule has 1 saturated heterocycles. The van der Waals surface area contributed by atoms with Gasteiger partial charge in [0.15, 0.2) is 0 Å². The summed E-state index contributed by atoms with van der Waals surface area (Å²) < 4.78 is 44.6. The second-order valence-electron chi connectivity index (χ2n) is 5.66. The number of rotatable bonds is 5. The van der Waals surface area contributed by atoms with E-state index in [0.29, 0.717) is 13.2 Å². The van der Waals surface area contributed by atoms with Gasteiger partial charge < -0.3 is 10.1 Å². The van der Waals surface area contributed by atoms with Crippen molar-refractivity contribution in [2.24, 2.45) is 5.92 Å². The number of hydrogen-bond donors (Lipinski definition) is 2. The van der Waals surface area contributed by atoms with Crippen LogP contribution in [0.2, 0.25) is 0 Å². The van der Waals surface area contributed by atoms with Crippen molar-refractivity contribution in [1.29, 1.82) is 0 Å². The van der Waals surface area contributed by atoms with E-state index in [9.17, 15) is 13.2 Å². The first-order chi connectivity index (χ1) is 11.1. The number of benzene rings is 1. The van der Waals surface area contributed by atoms with Crippen LogP contribution >= 0.6 is 0 Å². The van der Waals surface area contributed by atoms with Gasteiger partial charge in [-0.1, -0.05) is 18.2 Å². The minimum Gasteiger partial charge on any atom is -0.373 e. The van der Waals surface area contributed by atoms with Gasteiger partial charge in [0, 0.05) is 37.4 Å². The minimum atomic E-state index is -4.33. The van der Waals surface area contributed by atoms with Crippen molar-refractivity contribution in [1.82, 2.24) is 15.5 Å². The molecule has 0 unspecified atom stereocenters. The predicted molar refractivity (Wildman–Crippen MR) is 78.5 cm³/mol. The summed E-state index contributed by atoms with van der Waals surface area (Å²) in [5, 5.41) is 9.81. The van der Waals surface area contributed by atoms with Crippen LogP contribution in [-0.2, 0) is 17.5 Å². The average Bonchev–Trinajstić information content (AvgIpc) is 3.17. The molecule has 1 aromatic heterocycles. The molecule has 0 spiro atoms. The van der Waals surface area contributed by atoms with E-state index in [-0.39, 0.29) is 24.1 Å². The Morgan fingerprint density at radius 2 is 2.13 bits per heavy atom. The third kappa shape index (κ3) is 3.73. The van der Waals surface area contributed by atoms with Crippen molar-refractivity contribution >= 4 is 0 Å². The third-order valence-electron chi connectivity index (χ3n) is 4.11. The Bertz CT molecular complexity index is 628. The molecule has 7 heteroatoms. The van der Waals surface area contributed by atoms with E-state index in [1.807, 2.05) is 0 Å². The largest absolute Gasteiger partial charge is 0.416 e. The molecule has 0 bridgehead atoms. The molecule has 0 saturated carbocycles. The second kappa shape index (κ2) is 6.72. The Morgan fingerprint density at radius 1 is 1.30 bits per heavy atom. The van der Waals surface area contributed by atoms with E-state index in [0.717, 1.165) is 18.1 Å². The molecular formula is C16H18F3N3O. The molecule has 1 aliphatic rings. The maximum Gasteiger partial charge on any atom is 0.416 e. The van der Waals surface area contributed by atoms with Gasteiger partial charge in [-0.2, -0.15) is 18.3 Å². The van der Waals surface area contributed by atoms with Crippen molar-refractivity contribution in [2.75, 3.05) is 13.2 Å². The topological polar surface area (TPSA) is 49.9 Å². The van der Waals surface area contributed by atoms with Crippen LogP contribution in [0.1, 0.15) is 29.2 Å². The van der Waals surface area contributed by atoms with E-state index in [2.05, 4.69) is 15.5 Å². The van der Waals surface area contributed by atoms with Crippen LogP contribution in [0.25, 0.3) is 0 Å². The Labute approximate surface area is 132 Å². The first kappa shape index (κ1) is 16.0. The first-order valence-electron chi connectivity index (χ1n) is 7.52. The number of ether oxygens (including phenoxy) is 1.